The molecule has 0 saturated carbocycles. The summed E-state index contributed by atoms with van der Waals surface area (Å²) in [5.74, 6) is 0. The third kappa shape index (κ3) is 2.51. The SMILES string of the molecule is CS/C(c1ccccc1)=[N+](/C)N(C)C. The molecule has 2 nitrogen and oxygen atoms in total. The zero-order chi connectivity index (χ0) is 10.6. The van der Waals surface area contributed by atoms with Crippen molar-refractivity contribution in [2.75, 3.05) is 27.4 Å². The van der Waals surface area contributed by atoms with E-state index in [4.69, 9.17) is 0 Å². The van der Waals surface area contributed by atoms with Gasteiger partial charge in [0.05, 0.1) is 19.7 Å². The molecule has 0 atom stereocenters. The van der Waals surface area contributed by atoms with Gasteiger partial charge < -0.3 is 0 Å². The molecule has 3 heteroatoms. The average Bonchev–Trinajstić information content (AvgIpc) is 2.20. The summed E-state index contributed by atoms with van der Waals surface area (Å²) < 4.78 is 2.14. The molecule has 14 heavy (non-hydrogen) atoms. The van der Waals surface area contributed by atoms with Crippen LogP contribution in [0.15, 0.2) is 30.3 Å². The molecule has 0 N–H and O–H groups in total. The first-order valence-electron chi connectivity index (χ1n) is 4.54. The topological polar surface area (TPSA) is 6.25 Å². The predicted molar refractivity (Wildman–Crippen MR) is 63.9 cm³/mol. The molecule has 0 radical (unpaired) electrons. The molecule has 0 unspecified atom stereocenters. The van der Waals surface area contributed by atoms with Gasteiger partial charge in [-0.25, -0.2) is 0 Å². The van der Waals surface area contributed by atoms with Crippen molar-refractivity contribution < 1.29 is 4.68 Å². The molecule has 1 aromatic carbocycles. The molecule has 0 aliphatic rings. The second-order valence-electron chi connectivity index (χ2n) is 3.25. The Morgan fingerprint density at radius 2 is 1.79 bits per heavy atom. The van der Waals surface area contributed by atoms with Crippen molar-refractivity contribution in [3.05, 3.63) is 35.9 Å². The molecule has 0 bridgehead atoms. The van der Waals surface area contributed by atoms with E-state index in [1.54, 1.807) is 11.8 Å². The van der Waals surface area contributed by atoms with E-state index in [-0.39, 0.29) is 0 Å². The van der Waals surface area contributed by atoms with Gasteiger partial charge in [-0.2, -0.15) is 5.01 Å². The molecule has 0 saturated heterocycles. The number of hydrazone groups is 1. The Labute approximate surface area is 90.2 Å². The molecule has 0 aromatic heterocycles. The van der Waals surface area contributed by atoms with E-state index in [1.807, 2.05) is 20.2 Å². The van der Waals surface area contributed by atoms with Gasteiger partial charge >= 0.3 is 0 Å². The summed E-state index contributed by atoms with van der Waals surface area (Å²) in [4.78, 5) is 0. The fourth-order valence-corrected chi connectivity index (χ4v) is 2.00. The maximum absolute atomic E-state index is 2.14. The normalized spacial score (nSPS) is 12.3. The van der Waals surface area contributed by atoms with Crippen LogP contribution in [0, 0.1) is 0 Å². The highest BCUT2D eigenvalue weighted by Gasteiger charge is 2.13. The second-order valence-corrected chi connectivity index (χ2v) is 4.04. The third-order valence-electron chi connectivity index (χ3n) is 2.11. The lowest BCUT2D eigenvalue weighted by Gasteiger charge is -2.10. The number of hydrogen-bond donors (Lipinski definition) is 0. The third-order valence-corrected chi connectivity index (χ3v) is 2.99. The monoisotopic (exact) mass is 209 g/mol. The van der Waals surface area contributed by atoms with Crippen molar-refractivity contribution in [3.8, 4) is 0 Å². The minimum atomic E-state index is 1.26. The number of nitrogens with zero attached hydrogens (tertiary/aromatic N) is 2. The minimum absolute atomic E-state index is 1.26. The Kier molecular flexibility index (Phi) is 4.01. The molecule has 0 spiro atoms. The average molecular weight is 209 g/mol. The Balaban J connectivity index is 3.11. The van der Waals surface area contributed by atoms with Gasteiger partial charge in [-0.1, -0.05) is 30.0 Å². The maximum atomic E-state index is 2.14. The lowest BCUT2D eigenvalue weighted by Crippen LogP contribution is -2.29. The van der Waals surface area contributed by atoms with Gasteiger partial charge in [0.15, 0.2) is 7.05 Å². The first kappa shape index (κ1) is 11.1. The summed E-state index contributed by atoms with van der Waals surface area (Å²) >= 11 is 1.76. The van der Waals surface area contributed by atoms with Crippen LogP contribution in [-0.4, -0.2) is 42.1 Å². The van der Waals surface area contributed by atoms with Crippen molar-refractivity contribution >= 4 is 16.8 Å². The first-order valence-corrected chi connectivity index (χ1v) is 5.76. The standard InChI is InChI=1S/C11H17N2S/c1-12(2)13(3)11(14-4)10-8-6-5-7-9-10/h5-9H,1-4H3/q+1/b13-11-. The second kappa shape index (κ2) is 5.05. The van der Waals surface area contributed by atoms with Gasteiger partial charge in [0.1, 0.15) is 0 Å². The zero-order valence-electron chi connectivity index (χ0n) is 9.19. The van der Waals surface area contributed by atoms with Crippen molar-refractivity contribution in [2.45, 2.75) is 0 Å². The van der Waals surface area contributed by atoms with Gasteiger partial charge in [-0.05, 0) is 18.4 Å². The molecule has 0 fully saturated rings. The molecule has 0 aliphatic carbocycles. The van der Waals surface area contributed by atoms with Crippen LogP contribution in [-0.2, 0) is 0 Å². The summed E-state index contributed by atoms with van der Waals surface area (Å²) in [7, 11) is 6.15. The molecule has 1 rings (SSSR count). The number of rotatable bonds is 2. The number of hydrogen-bond acceptors (Lipinski definition) is 2. The molecule has 0 amide bonds. The summed E-state index contributed by atoms with van der Waals surface area (Å²) in [6.45, 7) is 0. The van der Waals surface area contributed by atoms with Gasteiger partial charge in [0, 0.05) is 0 Å². The van der Waals surface area contributed by atoms with Crippen LogP contribution in [0.25, 0.3) is 0 Å². The first-order chi connectivity index (χ1) is 6.66. The Bertz CT molecular complexity index is 317. The molecule has 0 heterocycles. The molecular weight excluding hydrogens is 192 g/mol. The van der Waals surface area contributed by atoms with E-state index in [0.717, 1.165) is 0 Å². The van der Waals surface area contributed by atoms with E-state index in [1.165, 1.54) is 10.6 Å². The number of benzene rings is 1. The van der Waals surface area contributed by atoms with Crippen LogP contribution in [0.1, 0.15) is 5.56 Å². The van der Waals surface area contributed by atoms with Gasteiger partial charge in [0.2, 0.25) is 0 Å². The number of thioether (sulfide) groups is 1. The van der Waals surface area contributed by atoms with Crippen molar-refractivity contribution in [1.29, 1.82) is 0 Å². The van der Waals surface area contributed by atoms with Crippen LogP contribution in [0.4, 0.5) is 0 Å². The highest BCUT2D eigenvalue weighted by Crippen LogP contribution is 2.10. The van der Waals surface area contributed by atoms with Crippen LogP contribution < -0.4 is 0 Å². The lowest BCUT2D eigenvalue weighted by atomic mass is 10.2. The van der Waals surface area contributed by atoms with Crippen LogP contribution in [0.5, 0.6) is 0 Å². The van der Waals surface area contributed by atoms with Crippen LogP contribution in [0.3, 0.4) is 0 Å². The van der Waals surface area contributed by atoms with Gasteiger partial charge in [0.25, 0.3) is 5.04 Å². The summed E-state index contributed by atoms with van der Waals surface area (Å²) in [6, 6.07) is 10.4. The fraction of sp³-hybridized carbons (Fsp3) is 0.364. The molecule has 1 aromatic rings. The highest BCUT2D eigenvalue weighted by molar-refractivity contribution is 8.13. The summed E-state index contributed by atoms with van der Waals surface area (Å²) in [6.07, 6.45) is 2.10. The van der Waals surface area contributed by atoms with E-state index in [9.17, 15) is 0 Å². The van der Waals surface area contributed by atoms with E-state index < -0.39 is 0 Å². The van der Waals surface area contributed by atoms with E-state index in [2.05, 4.69) is 47.3 Å². The quantitative estimate of drug-likeness (QED) is 0.318. The van der Waals surface area contributed by atoms with Crippen LogP contribution in [0.2, 0.25) is 0 Å². The Morgan fingerprint density at radius 3 is 2.21 bits per heavy atom. The van der Waals surface area contributed by atoms with Gasteiger partial charge in [-0.3, -0.25) is 0 Å². The van der Waals surface area contributed by atoms with Gasteiger partial charge in [-0.15, -0.1) is 4.68 Å². The van der Waals surface area contributed by atoms with Crippen molar-refractivity contribution in [1.82, 2.24) is 5.01 Å². The molecule has 76 valence electrons. The highest BCUT2D eigenvalue weighted by atomic mass is 32.2. The molecule has 0 aliphatic heterocycles. The van der Waals surface area contributed by atoms with Crippen molar-refractivity contribution in [3.63, 3.8) is 0 Å². The smallest absolute Gasteiger partial charge is 0.192 e. The van der Waals surface area contributed by atoms with Crippen LogP contribution >= 0.6 is 11.8 Å². The number of hydrazine groups is 1. The zero-order valence-corrected chi connectivity index (χ0v) is 10.0. The predicted octanol–water partition coefficient (Wildman–Crippen LogP) is 1.92. The largest absolute Gasteiger partial charge is 0.270 e. The van der Waals surface area contributed by atoms with Crippen molar-refractivity contribution in [2.24, 2.45) is 0 Å². The summed E-state index contributed by atoms with van der Waals surface area (Å²) in [5, 5.41) is 3.33. The van der Waals surface area contributed by atoms with E-state index in [0.29, 0.717) is 0 Å². The Morgan fingerprint density at radius 1 is 1.21 bits per heavy atom. The Hall–Kier alpha value is -0.960. The van der Waals surface area contributed by atoms with E-state index >= 15 is 0 Å². The maximum Gasteiger partial charge on any atom is 0.270 e. The lowest BCUT2D eigenvalue weighted by molar-refractivity contribution is -0.652. The fourth-order valence-electron chi connectivity index (χ4n) is 1.20. The minimum Gasteiger partial charge on any atom is -0.192 e. The molecular formula is C11H17N2S+. The summed E-state index contributed by atoms with van der Waals surface area (Å²) in [5.41, 5.74) is 1.26.